The van der Waals surface area contributed by atoms with Crippen LogP contribution in [0.5, 0.6) is 0 Å². The van der Waals surface area contributed by atoms with Crippen LogP contribution in [0.3, 0.4) is 0 Å². The normalized spacial score (nSPS) is 20.3. The molecule has 8 nitrogen and oxygen atoms in total. The molecule has 2 N–H and O–H groups in total. The van der Waals surface area contributed by atoms with Crippen LogP contribution in [0.15, 0.2) is 18.2 Å². The van der Waals surface area contributed by atoms with E-state index in [1.165, 1.54) is 19.1 Å². The summed E-state index contributed by atoms with van der Waals surface area (Å²) in [4.78, 5) is 48.9. The Balaban J connectivity index is 1.94. The molecule has 0 spiro atoms. The summed E-state index contributed by atoms with van der Waals surface area (Å²) in [5, 5.41) is 4.93. The van der Waals surface area contributed by atoms with Gasteiger partial charge in [-0.3, -0.25) is 19.3 Å². The summed E-state index contributed by atoms with van der Waals surface area (Å²) in [7, 11) is 0. The highest BCUT2D eigenvalue weighted by molar-refractivity contribution is 6.30. The Morgan fingerprint density at radius 2 is 2.07 bits per heavy atom. The first-order valence-corrected chi connectivity index (χ1v) is 8.54. The van der Waals surface area contributed by atoms with Gasteiger partial charge in [0.05, 0.1) is 5.69 Å². The number of rotatable bonds is 6. The topological polar surface area (TPSA) is 105 Å². The van der Waals surface area contributed by atoms with Crippen LogP contribution >= 0.6 is 11.6 Å². The maximum Gasteiger partial charge on any atom is 0.327 e. The Bertz CT molecular complexity index is 803. The van der Waals surface area contributed by atoms with Gasteiger partial charge in [0.1, 0.15) is 17.9 Å². The van der Waals surface area contributed by atoms with Crippen molar-refractivity contribution in [2.75, 3.05) is 11.9 Å². The molecular formula is C17H19ClFN3O5. The SMILES string of the molecule is CC[C@]1(C)NC(=O)N(CC(=O)O[C@H](C)C(=O)Nc2ccc(Cl)cc2F)C1=O. The van der Waals surface area contributed by atoms with E-state index in [1.54, 1.807) is 13.8 Å². The molecule has 0 unspecified atom stereocenters. The number of benzene rings is 1. The van der Waals surface area contributed by atoms with Gasteiger partial charge >= 0.3 is 12.0 Å². The van der Waals surface area contributed by atoms with Gasteiger partial charge in [-0.1, -0.05) is 18.5 Å². The van der Waals surface area contributed by atoms with Crippen LogP contribution in [0.2, 0.25) is 5.02 Å². The molecule has 0 bridgehead atoms. The first kappa shape index (κ1) is 20.6. The molecule has 1 aromatic carbocycles. The second-order valence-electron chi connectivity index (χ2n) is 6.25. The number of urea groups is 1. The highest BCUT2D eigenvalue weighted by atomic mass is 35.5. The first-order chi connectivity index (χ1) is 12.6. The lowest BCUT2D eigenvalue weighted by atomic mass is 9.99. The molecule has 10 heteroatoms. The van der Waals surface area contributed by atoms with Crippen LogP contribution in [0.4, 0.5) is 14.9 Å². The molecule has 2 rings (SSSR count). The summed E-state index contributed by atoms with van der Waals surface area (Å²) >= 11 is 5.63. The third-order valence-corrected chi connectivity index (χ3v) is 4.44. The number of ether oxygens (including phenoxy) is 1. The van der Waals surface area contributed by atoms with Crippen LogP contribution in [0, 0.1) is 5.82 Å². The molecule has 0 saturated carbocycles. The first-order valence-electron chi connectivity index (χ1n) is 8.17. The largest absolute Gasteiger partial charge is 0.451 e. The van der Waals surface area contributed by atoms with Gasteiger partial charge in [-0.2, -0.15) is 0 Å². The number of hydrogen-bond donors (Lipinski definition) is 2. The number of carbonyl (C=O) groups is 4. The van der Waals surface area contributed by atoms with E-state index in [9.17, 15) is 23.6 Å². The van der Waals surface area contributed by atoms with Crippen molar-refractivity contribution in [1.29, 1.82) is 0 Å². The minimum absolute atomic E-state index is 0.125. The molecule has 146 valence electrons. The van der Waals surface area contributed by atoms with Crippen LogP contribution in [0.1, 0.15) is 27.2 Å². The molecule has 1 aliphatic rings. The van der Waals surface area contributed by atoms with Crippen molar-refractivity contribution in [3.8, 4) is 0 Å². The quantitative estimate of drug-likeness (QED) is 0.562. The summed E-state index contributed by atoms with van der Waals surface area (Å²) in [6, 6.07) is 2.97. The Hall–Kier alpha value is -2.68. The molecule has 1 aromatic rings. The van der Waals surface area contributed by atoms with Gasteiger partial charge < -0.3 is 15.4 Å². The monoisotopic (exact) mass is 399 g/mol. The summed E-state index contributed by atoms with van der Waals surface area (Å²) in [5.74, 6) is -3.02. The fraction of sp³-hybridized carbons (Fsp3) is 0.412. The molecule has 2 atom stereocenters. The molecule has 1 fully saturated rings. The third-order valence-electron chi connectivity index (χ3n) is 4.21. The molecule has 1 aliphatic heterocycles. The zero-order chi connectivity index (χ0) is 20.4. The van der Waals surface area contributed by atoms with Gasteiger partial charge in [-0.15, -0.1) is 0 Å². The number of hydrogen-bond acceptors (Lipinski definition) is 5. The van der Waals surface area contributed by atoms with Crippen molar-refractivity contribution in [2.45, 2.75) is 38.8 Å². The van der Waals surface area contributed by atoms with E-state index in [0.717, 1.165) is 11.0 Å². The van der Waals surface area contributed by atoms with Crippen molar-refractivity contribution >= 4 is 41.1 Å². The van der Waals surface area contributed by atoms with Crippen molar-refractivity contribution in [1.82, 2.24) is 10.2 Å². The predicted octanol–water partition coefficient (Wildman–Crippen LogP) is 2.07. The smallest absolute Gasteiger partial charge is 0.327 e. The van der Waals surface area contributed by atoms with Gasteiger partial charge in [-0.05, 0) is 38.5 Å². The van der Waals surface area contributed by atoms with Crippen molar-refractivity contribution in [3.05, 3.63) is 29.0 Å². The van der Waals surface area contributed by atoms with E-state index in [1.807, 2.05) is 0 Å². The fourth-order valence-electron chi connectivity index (χ4n) is 2.37. The van der Waals surface area contributed by atoms with E-state index in [0.29, 0.717) is 6.42 Å². The highest BCUT2D eigenvalue weighted by Gasteiger charge is 2.47. The summed E-state index contributed by atoms with van der Waals surface area (Å²) < 4.78 is 18.6. The van der Waals surface area contributed by atoms with E-state index >= 15 is 0 Å². The zero-order valence-corrected chi connectivity index (χ0v) is 15.7. The highest BCUT2D eigenvalue weighted by Crippen LogP contribution is 2.21. The number of esters is 1. The molecule has 0 aliphatic carbocycles. The second kappa shape index (κ2) is 7.91. The standard InChI is InChI=1S/C17H19ClFN3O5/c1-4-17(3)15(25)22(16(26)21-17)8-13(23)27-9(2)14(24)20-12-6-5-10(18)7-11(12)19/h5-7,9H,4,8H2,1-3H3,(H,20,24)(H,21,26)/t9-,17+/m1/s1. The zero-order valence-electron chi connectivity index (χ0n) is 15.0. The van der Waals surface area contributed by atoms with Gasteiger partial charge in [0.15, 0.2) is 6.10 Å². The van der Waals surface area contributed by atoms with Gasteiger partial charge in [0.2, 0.25) is 0 Å². The predicted molar refractivity (Wildman–Crippen MR) is 94.5 cm³/mol. The molecular weight excluding hydrogens is 381 g/mol. The number of anilines is 1. The van der Waals surface area contributed by atoms with Crippen LogP contribution in [-0.4, -0.2) is 46.9 Å². The molecule has 4 amide bonds. The average Bonchev–Trinajstić information content (AvgIpc) is 2.81. The molecule has 0 radical (unpaired) electrons. The Morgan fingerprint density at radius 3 is 2.63 bits per heavy atom. The average molecular weight is 400 g/mol. The third kappa shape index (κ3) is 4.54. The number of halogens is 2. The number of nitrogens with one attached hydrogen (secondary N) is 2. The summed E-state index contributed by atoms with van der Waals surface area (Å²) in [5.41, 5.74) is -1.20. The van der Waals surface area contributed by atoms with E-state index in [-0.39, 0.29) is 10.7 Å². The minimum Gasteiger partial charge on any atom is -0.451 e. The summed E-state index contributed by atoms with van der Waals surface area (Å²) in [6.07, 6.45) is -0.917. The van der Waals surface area contributed by atoms with Crippen molar-refractivity contribution in [3.63, 3.8) is 0 Å². The van der Waals surface area contributed by atoms with Crippen molar-refractivity contribution < 1.29 is 28.3 Å². The van der Waals surface area contributed by atoms with Crippen LogP contribution in [0.25, 0.3) is 0 Å². The fourth-order valence-corrected chi connectivity index (χ4v) is 2.53. The van der Waals surface area contributed by atoms with E-state index in [4.69, 9.17) is 16.3 Å². The maximum absolute atomic E-state index is 13.7. The van der Waals surface area contributed by atoms with Gasteiger partial charge in [-0.25, -0.2) is 9.18 Å². The lowest BCUT2D eigenvalue weighted by molar-refractivity contribution is -0.155. The van der Waals surface area contributed by atoms with Crippen LogP contribution < -0.4 is 10.6 Å². The molecule has 0 aromatic heterocycles. The number of imide groups is 1. The van der Waals surface area contributed by atoms with Crippen LogP contribution in [-0.2, 0) is 19.1 Å². The Kier molecular flexibility index (Phi) is 6.04. The minimum atomic E-state index is -1.27. The number of amides is 4. The Morgan fingerprint density at radius 1 is 1.41 bits per heavy atom. The number of nitrogens with zero attached hydrogens (tertiary/aromatic N) is 1. The maximum atomic E-state index is 13.7. The van der Waals surface area contributed by atoms with E-state index < -0.39 is 47.8 Å². The molecule has 27 heavy (non-hydrogen) atoms. The van der Waals surface area contributed by atoms with Gasteiger partial charge in [0.25, 0.3) is 11.8 Å². The molecule has 1 saturated heterocycles. The van der Waals surface area contributed by atoms with Crippen molar-refractivity contribution in [2.24, 2.45) is 0 Å². The lowest BCUT2D eigenvalue weighted by Crippen LogP contribution is -2.44. The van der Waals surface area contributed by atoms with E-state index in [2.05, 4.69) is 10.6 Å². The number of carbonyl (C=O) groups excluding carboxylic acids is 4. The lowest BCUT2D eigenvalue weighted by Gasteiger charge is -2.19. The molecule has 1 heterocycles. The Labute approximate surface area is 160 Å². The van der Waals surface area contributed by atoms with Gasteiger partial charge in [0, 0.05) is 5.02 Å². The second-order valence-corrected chi connectivity index (χ2v) is 6.69. The summed E-state index contributed by atoms with van der Waals surface area (Å²) in [6.45, 7) is 3.92.